The van der Waals surface area contributed by atoms with Crippen LogP contribution in [-0.4, -0.2) is 11.1 Å². The van der Waals surface area contributed by atoms with Crippen molar-refractivity contribution in [1.82, 2.24) is 0 Å². The first-order valence-corrected chi connectivity index (χ1v) is 3.02. The Morgan fingerprint density at radius 2 is 2.36 bits per heavy atom. The average molecular weight is 154 g/mol. The summed E-state index contributed by atoms with van der Waals surface area (Å²) in [6.07, 6.45) is 2.50. The molecule has 0 unspecified atom stereocenters. The highest BCUT2D eigenvalue weighted by molar-refractivity contribution is 5.78. The molecule has 0 aliphatic rings. The van der Waals surface area contributed by atoms with Crippen molar-refractivity contribution >= 4 is 5.97 Å². The van der Waals surface area contributed by atoms with Crippen molar-refractivity contribution in [1.29, 1.82) is 0 Å². The Hall–Kier alpha value is -1.51. The van der Waals surface area contributed by atoms with Gasteiger partial charge in [-0.15, -0.1) is 0 Å². The van der Waals surface area contributed by atoms with Crippen molar-refractivity contribution in [3.8, 4) is 0 Å². The third-order valence-corrected chi connectivity index (χ3v) is 0.838. The standard InChI is InChI=1S/C5H6O.C3H4O2/c1-5-3-2-4-6-5;1-2-3(4)5/h2-4H,1H3;2H,1H2,(H,4,5). The van der Waals surface area contributed by atoms with Gasteiger partial charge in [0.05, 0.1) is 6.26 Å². The van der Waals surface area contributed by atoms with E-state index in [1.807, 2.05) is 19.1 Å². The summed E-state index contributed by atoms with van der Waals surface area (Å²) in [6.45, 7) is 4.88. The zero-order chi connectivity index (χ0) is 8.69. The molecule has 1 N–H and O–H groups in total. The molecule has 0 radical (unpaired) electrons. The lowest BCUT2D eigenvalue weighted by atomic mass is 10.5. The quantitative estimate of drug-likeness (QED) is 0.628. The molecule has 0 atom stereocenters. The van der Waals surface area contributed by atoms with Crippen molar-refractivity contribution in [2.75, 3.05) is 0 Å². The second-order valence-corrected chi connectivity index (χ2v) is 1.77. The molecule has 1 aromatic rings. The summed E-state index contributed by atoms with van der Waals surface area (Å²) in [7, 11) is 0. The first-order chi connectivity index (χ1) is 5.16. The van der Waals surface area contributed by atoms with Gasteiger partial charge in [-0.2, -0.15) is 0 Å². The number of rotatable bonds is 1. The van der Waals surface area contributed by atoms with E-state index in [-0.39, 0.29) is 0 Å². The third kappa shape index (κ3) is 6.37. The maximum Gasteiger partial charge on any atom is 0.327 e. The Morgan fingerprint density at radius 1 is 1.82 bits per heavy atom. The van der Waals surface area contributed by atoms with Gasteiger partial charge >= 0.3 is 5.97 Å². The lowest BCUT2D eigenvalue weighted by molar-refractivity contribution is -0.131. The van der Waals surface area contributed by atoms with E-state index in [9.17, 15) is 4.79 Å². The highest BCUT2D eigenvalue weighted by Crippen LogP contribution is 1.93. The fourth-order valence-corrected chi connectivity index (χ4v) is 0.361. The Bertz CT molecular complexity index is 211. The van der Waals surface area contributed by atoms with Crippen LogP contribution in [0.4, 0.5) is 0 Å². The topological polar surface area (TPSA) is 50.4 Å². The van der Waals surface area contributed by atoms with Gasteiger partial charge < -0.3 is 9.52 Å². The van der Waals surface area contributed by atoms with Crippen LogP contribution in [-0.2, 0) is 4.79 Å². The minimum atomic E-state index is -0.981. The van der Waals surface area contributed by atoms with Crippen LogP contribution in [0.15, 0.2) is 35.5 Å². The largest absolute Gasteiger partial charge is 0.478 e. The lowest BCUT2D eigenvalue weighted by Crippen LogP contribution is -1.82. The summed E-state index contributed by atoms with van der Waals surface area (Å²) in [5.41, 5.74) is 0. The van der Waals surface area contributed by atoms with Gasteiger partial charge in [-0.25, -0.2) is 4.79 Å². The van der Waals surface area contributed by atoms with Crippen LogP contribution in [0.3, 0.4) is 0 Å². The first kappa shape index (κ1) is 9.49. The summed E-state index contributed by atoms with van der Waals surface area (Å²) in [5, 5.41) is 7.60. The minimum absolute atomic E-state index is 0.833. The van der Waals surface area contributed by atoms with Crippen molar-refractivity contribution in [3.05, 3.63) is 36.8 Å². The monoisotopic (exact) mass is 154 g/mol. The van der Waals surface area contributed by atoms with Gasteiger partial charge in [0, 0.05) is 6.08 Å². The molecule has 0 amide bonds. The minimum Gasteiger partial charge on any atom is -0.478 e. The predicted molar refractivity (Wildman–Crippen MR) is 41.3 cm³/mol. The van der Waals surface area contributed by atoms with E-state index >= 15 is 0 Å². The molecule has 0 saturated heterocycles. The molecule has 60 valence electrons. The highest BCUT2D eigenvalue weighted by Gasteiger charge is 1.76. The van der Waals surface area contributed by atoms with Gasteiger partial charge in [0.1, 0.15) is 5.76 Å². The lowest BCUT2D eigenvalue weighted by Gasteiger charge is -1.69. The van der Waals surface area contributed by atoms with Gasteiger partial charge in [0.25, 0.3) is 0 Å². The molecule has 0 fully saturated rings. The zero-order valence-corrected chi connectivity index (χ0v) is 6.28. The first-order valence-electron chi connectivity index (χ1n) is 3.02. The number of aliphatic carboxylic acids is 1. The molecule has 0 aromatic carbocycles. The highest BCUT2D eigenvalue weighted by atomic mass is 16.4. The van der Waals surface area contributed by atoms with Gasteiger partial charge in [0.15, 0.2) is 0 Å². The summed E-state index contributed by atoms with van der Waals surface area (Å²) in [6, 6.07) is 3.79. The number of hydrogen-bond acceptors (Lipinski definition) is 2. The van der Waals surface area contributed by atoms with E-state index in [1.165, 1.54) is 0 Å². The molecule has 1 heterocycles. The van der Waals surface area contributed by atoms with Crippen LogP contribution in [0.1, 0.15) is 5.76 Å². The molecule has 0 saturated carbocycles. The summed E-state index contributed by atoms with van der Waals surface area (Å²) in [5.74, 6) is -0.0139. The average Bonchev–Trinajstić information content (AvgIpc) is 2.41. The molecule has 11 heavy (non-hydrogen) atoms. The molecular weight excluding hydrogens is 144 g/mol. The van der Waals surface area contributed by atoms with E-state index in [2.05, 4.69) is 6.58 Å². The molecule has 1 aromatic heterocycles. The Morgan fingerprint density at radius 3 is 2.45 bits per heavy atom. The number of carboxylic acids is 1. The fourth-order valence-electron chi connectivity index (χ4n) is 0.361. The van der Waals surface area contributed by atoms with Gasteiger partial charge in [-0.05, 0) is 19.1 Å². The summed E-state index contributed by atoms with van der Waals surface area (Å²) < 4.78 is 4.83. The summed E-state index contributed by atoms with van der Waals surface area (Å²) in [4.78, 5) is 9.25. The third-order valence-electron chi connectivity index (χ3n) is 0.838. The summed E-state index contributed by atoms with van der Waals surface area (Å²) >= 11 is 0. The SMILES string of the molecule is C=CC(=O)O.Cc1ccco1. The molecule has 1 rings (SSSR count). The van der Waals surface area contributed by atoms with Crippen molar-refractivity contribution in [2.45, 2.75) is 6.92 Å². The fraction of sp³-hybridized carbons (Fsp3) is 0.125. The van der Waals surface area contributed by atoms with Gasteiger partial charge in [0.2, 0.25) is 0 Å². The van der Waals surface area contributed by atoms with Crippen LogP contribution in [0.5, 0.6) is 0 Å². The molecular formula is C8H10O3. The van der Waals surface area contributed by atoms with E-state index in [0.29, 0.717) is 0 Å². The number of carboxylic acid groups (broad SMARTS) is 1. The maximum atomic E-state index is 9.25. The molecule has 3 nitrogen and oxygen atoms in total. The molecule has 0 bridgehead atoms. The molecule has 3 heteroatoms. The van der Waals surface area contributed by atoms with Crippen LogP contribution in [0.25, 0.3) is 0 Å². The number of hydrogen-bond donors (Lipinski definition) is 1. The number of furan rings is 1. The second-order valence-electron chi connectivity index (χ2n) is 1.77. The smallest absolute Gasteiger partial charge is 0.327 e. The van der Waals surface area contributed by atoms with Crippen LogP contribution >= 0.6 is 0 Å². The Labute approximate surface area is 65.0 Å². The zero-order valence-electron chi connectivity index (χ0n) is 6.28. The van der Waals surface area contributed by atoms with Crippen LogP contribution in [0, 0.1) is 6.92 Å². The Kier molecular flexibility index (Phi) is 4.56. The van der Waals surface area contributed by atoms with E-state index in [1.54, 1.807) is 6.26 Å². The van der Waals surface area contributed by atoms with Gasteiger partial charge in [-0.3, -0.25) is 0 Å². The van der Waals surface area contributed by atoms with Crippen molar-refractivity contribution in [2.24, 2.45) is 0 Å². The normalized spacial score (nSPS) is 7.73. The van der Waals surface area contributed by atoms with Crippen molar-refractivity contribution in [3.63, 3.8) is 0 Å². The second kappa shape index (κ2) is 5.29. The van der Waals surface area contributed by atoms with Crippen LogP contribution in [0.2, 0.25) is 0 Å². The molecule has 0 aliphatic carbocycles. The predicted octanol–water partition coefficient (Wildman–Crippen LogP) is 1.85. The molecule has 0 aliphatic heterocycles. The Balaban J connectivity index is 0.000000187. The van der Waals surface area contributed by atoms with Crippen LogP contribution < -0.4 is 0 Å². The van der Waals surface area contributed by atoms with E-state index < -0.39 is 5.97 Å². The maximum absolute atomic E-state index is 9.25. The molecule has 0 spiro atoms. The van der Waals surface area contributed by atoms with Gasteiger partial charge in [-0.1, -0.05) is 6.58 Å². The number of aryl methyl sites for hydroxylation is 1. The van der Waals surface area contributed by atoms with E-state index in [4.69, 9.17) is 9.52 Å². The van der Waals surface area contributed by atoms with Crippen molar-refractivity contribution < 1.29 is 14.3 Å². The number of carbonyl (C=O) groups is 1. The van der Waals surface area contributed by atoms with E-state index in [0.717, 1.165) is 11.8 Å².